The molecule has 0 fully saturated rings. The Balaban J connectivity index is 1.82. The van der Waals surface area contributed by atoms with Gasteiger partial charge >= 0.3 is 12.0 Å². The summed E-state index contributed by atoms with van der Waals surface area (Å²) < 4.78 is 10.4. The summed E-state index contributed by atoms with van der Waals surface area (Å²) in [4.78, 5) is 28.5. The van der Waals surface area contributed by atoms with Gasteiger partial charge in [-0.2, -0.15) is 0 Å². The maximum absolute atomic E-state index is 12.2. The summed E-state index contributed by atoms with van der Waals surface area (Å²) in [5.41, 5.74) is 3.09. The average molecular weight is 393 g/mol. The van der Waals surface area contributed by atoms with E-state index in [1.165, 1.54) is 0 Å². The van der Waals surface area contributed by atoms with Crippen LogP contribution in [0.25, 0.3) is 22.2 Å². The van der Waals surface area contributed by atoms with Gasteiger partial charge in [-0.05, 0) is 32.0 Å². The molecule has 0 aliphatic rings. The van der Waals surface area contributed by atoms with Crippen LogP contribution < -0.4 is 15.4 Å². The molecule has 7 heteroatoms. The first-order valence-corrected chi connectivity index (χ1v) is 9.30. The maximum Gasteiger partial charge on any atom is 0.328 e. The third-order valence-electron chi connectivity index (χ3n) is 4.31. The highest BCUT2D eigenvalue weighted by Gasteiger charge is 2.17. The smallest absolute Gasteiger partial charge is 0.328 e. The molecule has 0 saturated heterocycles. The van der Waals surface area contributed by atoms with Gasteiger partial charge in [0.15, 0.2) is 0 Å². The van der Waals surface area contributed by atoms with Crippen LogP contribution >= 0.6 is 0 Å². The number of amides is 2. The maximum atomic E-state index is 12.2. The van der Waals surface area contributed by atoms with Crippen LogP contribution in [0.15, 0.2) is 54.6 Å². The zero-order chi connectivity index (χ0) is 20.8. The van der Waals surface area contributed by atoms with Crippen molar-refractivity contribution < 1.29 is 19.1 Å². The molecule has 0 aliphatic heterocycles. The average Bonchev–Trinajstić information content (AvgIpc) is 2.73. The zero-order valence-corrected chi connectivity index (χ0v) is 16.6. The summed E-state index contributed by atoms with van der Waals surface area (Å²) >= 11 is 0. The number of hydrogen-bond donors (Lipinski definition) is 2. The minimum atomic E-state index is -0.750. The number of carbonyl (C=O) groups excluding carboxylic acids is 2. The fourth-order valence-corrected chi connectivity index (χ4v) is 2.89. The standard InChI is InChI=1S/C22H23N3O4/c1-4-29-21(26)14(2)23-22(27)24-16-10-11-18-17(12-16)20(28-3)13-19(25-18)15-8-6-5-7-9-15/h5-14H,4H2,1-3H3,(H2,23,24,27). The van der Waals surface area contributed by atoms with E-state index in [1.807, 2.05) is 42.5 Å². The van der Waals surface area contributed by atoms with Crippen LogP contribution in [-0.4, -0.2) is 36.7 Å². The quantitative estimate of drug-likeness (QED) is 0.618. The fraction of sp³-hybridized carbons (Fsp3) is 0.227. The minimum absolute atomic E-state index is 0.259. The normalized spacial score (nSPS) is 11.6. The summed E-state index contributed by atoms with van der Waals surface area (Å²) in [6.45, 7) is 3.54. The molecule has 1 atom stereocenters. The molecule has 0 spiro atoms. The molecule has 1 heterocycles. The highest BCUT2D eigenvalue weighted by molar-refractivity contribution is 5.96. The van der Waals surface area contributed by atoms with E-state index in [9.17, 15) is 9.59 Å². The Labute approximate surface area is 169 Å². The van der Waals surface area contributed by atoms with E-state index in [1.54, 1.807) is 33.1 Å². The van der Waals surface area contributed by atoms with Crippen molar-refractivity contribution in [3.8, 4) is 17.0 Å². The van der Waals surface area contributed by atoms with Crippen molar-refractivity contribution in [1.29, 1.82) is 0 Å². The van der Waals surface area contributed by atoms with Crippen LogP contribution in [0.1, 0.15) is 13.8 Å². The first-order valence-electron chi connectivity index (χ1n) is 9.30. The van der Waals surface area contributed by atoms with Crippen molar-refractivity contribution in [3.05, 3.63) is 54.6 Å². The zero-order valence-electron chi connectivity index (χ0n) is 16.6. The molecule has 1 aromatic heterocycles. The van der Waals surface area contributed by atoms with E-state index >= 15 is 0 Å². The van der Waals surface area contributed by atoms with Gasteiger partial charge in [-0.15, -0.1) is 0 Å². The van der Waals surface area contributed by atoms with E-state index in [2.05, 4.69) is 10.6 Å². The van der Waals surface area contributed by atoms with Gasteiger partial charge in [0.2, 0.25) is 0 Å². The number of fused-ring (bicyclic) bond motifs is 1. The number of esters is 1. The topological polar surface area (TPSA) is 89.5 Å². The van der Waals surface area contributed by atoms with Crippen LogP contribution in [0.5, 0.6) is 5.75 Å². The molecular weight excluding hydrogens is 370 g/mol. The Morgan fingerprint density at radius 3 is 2.55 bits per heavy atom. The number of nitrogens with zero attached hydrogens (tertiary/aromatic N) is 1. The number of pyridine rings is 1. The Bertz CT molecular complexity index is 1020. The summed E-state index contributed by atoms with van der Waals surface area (Å²) in [5, 5.41) is 6.03. The summed E-state index contributed by atoms with van der Waals surface area (Å²) in [6, 6.07) is 15.8. The molecule has 29 heavy (non-hydrogen) atoms. The Morgan fingerprint density at radius 1 is 1.10 bits per heavy atom. The van der Waals surface area contributed by atoms with Gasteiger partial charge in [-0.25, -0.2) is 14.6 Å². The molecule has 1 unspecified atom stereocenters. The molecule has 2 amide bonds. The van der Waals surface area contributed by atoms with E-state index in [0.717, 1.165) is 22.2 Å². The highest BCUT2D eigenvalue weighted by Crippen LogP contribution is 2.31. The second kappa shape index (κ2) is 9.05. The number of benzene rings is 2. The van der Waals surface area contributed by atoms with E-state index < -0.39 is 18.0 Å². The number of rotatable bonds is 6. The van der Waals surface area contributed by atoms with Crippen molar-refractivity contribution in [2.75, 3.05) is 19.0 Å². The van der Waals surface area contributed by atoms with Gasteiger partial charge in [0.05, 0.1) is 24.9 Å². The lowest BCUT2D eigenvalue weighted by molar-refractivity contribution is -0.144. The third-order valence-corrected chi connectivity index (χ3v) is 4.31. The lowest BCUT2D eigenvalue weighted by atomic mass is 10.1. The first kappa shape index (κ1) is 20.1. The van der Waals surface area contributed by atoms with Crippen LogP contribution in [0.3, 0.4) is 0 Å². The van der Waals surface area contributed by atoms with Crippen LogP contribution in [0.2, 0.25) is 0 Å². The van der Waals surface area contributed by atoms with Gasteiger partial charge in [0.25, 0.3) is 0 Å². The monoisotopic (exact) mass is 393 g/mol. The Morgan fingerprint density at radius 2 is 1.86 bits per heavy atom. The number of nitrogens with one attached hydrogen (secondary N) is 2. The fourth-order valence-electron chi connectivity index (χ4n) is 2.89. The number of methoxy groups -OCH3 is 1. The van der Waals surface area contributed by atoms with E-state index in [4.69, 9.17) is 14.5 Å². The molecule has 3 rings (SSSR count). The van der Waals surface area contributed by atoms with Crippen LogP contribution in [0, 0.1) is 0 Å². The molecular formula is C22H23N3O4. The van der Waals surface area contributed by atoms with Crippen molar-refractivity contribution in [3.63, 3.8) is 0 Å². The van der Waals surface area contributed by atoms with Crippen molar-refractivity contribution in [1.82, 2.24) is 10.3 Å². The molecule has 0 saturated carbocycles. The van der Waals surface area contributed by atoms with Crippen molar-refractivity contribution in [2.24, 2.45) is 0 Å². The predicted octanol–water partition coefficient (Wildman–Crippen LogP) is 3.98. The Kier molecular flexibility index (Phi) is 6.29. The summed E-state index contributed by atoms with van der Waals surface area (Å²) in [6.07, 6.45) is 0. The number of carbonyl (C=O) groups is 2. The van der Waals surface area contributed by atoms with Crippen molar-refractivity contribution >= 4 is 28.6 Å². The molecule has 2 aromatic carbocycles. The summed E-state index contributed by atoms with van der Waals surface area (Å²) in [5.74, 6) is 0.165. The van der Waals surface area contributed by atoms with Crippen LogP contribution in [-0.2, 0) is 9.53 Å². The SMILES string of the molecule is CCOC(=O)C(C)NC(=O)Nc1ccc2nc(-c3ccccc3)cc(OC)c2c1. The summed E-state index contributed by atoms with van der Waals surface area (Å²) in [7, 11) is 1.59. The molecule has 0 radical (unpaired) electrons. The van der Waals surface area contributed by atoms with Gasteiger partial charge in [0, 0.05) is 22.7 Å². The second-order valence-corrected chi connectivity index (χ2v) is 6.38. The lowest BCUT2D eigenvalue weighted by Gasteiger charge is -2.14. The van der Waals surface area contributed by atoms with E-state index in [0.29, 0.717) is 11.4 Å². The molecule has 0 aliphatic carbocycles. The predicted molar refractivity (Wildman–Crippen MR) is 112 cm³/mol. The molecule has 150 valence electrons. The number of urea groups is 1. The van der Waals surface area contributed by atoms with Crippen LogP contribution in [0.4, 0.5) is 10.5 Å². The van der Waals surface area contributed by atoms with Crippen molar-refractivity contribution in [2.45, 2.75) is 19.9 Å². The number of hydrogen-bond acceptors (Lipinski definition) is 5. The molecule has 2 N–H and O–H groups in total. The third kappa shape index (κ3) is 4.82. The number of anilines is 1. The largest absolute Gasteiger partial charge is 0.496 e. The highest BCUT2D eigenvalue weighted by atomic mass is 16.5. The molecule has 3 aromatic rings. The van der Waals surface area contributed by atoms with Gasteiger partial charge in [-0.3, -0.25) is 0 Å². The first-order chi connectivity index (χ1) is 14.0. The lowest BCUT2D eigenvalue weighted by Crippen LogP contribution is -2.41. The number of aromatic nitrogens is 1. The minimum Gasteiger partial charge on any atom is -0.496 e. The molecule has 7 nitrogen and oxygen atoms in total. The van der Waals surface area contributed by atoms with Gasteiger partial charge < -0.3 is 20.1 Å². The van der Waals surface area contributed by atoms with Gasteiger partial charge in [0.1, 0.15) is 11.8 Å². The van der Waals surface area contributed by atoms with E-state index in [-0.39, 0.29) is 6.61 Å². The Hall–Kier alpha value is -3.61. The second-order valence-electron chi connectivity index (χ2n) is 6.38. The van der Waals surface area contributed by atoms with Gasteiger partial charge in [-0.1, -0.05) is 30.3 Å². The number of ether oxygens (including phenoxy) is 2. The molecule has 0 bridgehead atoms.